The van der Waals surface area contributed by atoms with Crippen LogP contribution in [0.5, 0.6) is 0 Å². The third-order valence-electron chi connectivity index (χ3n) is 7.15. The number of carbonyl (C=O) groups excluding carboxylic acids is 2. The number of rotatable bonds is 7. The van der Waals surface area contributed by atoms with Crippen LogP contribution in [0, 0.1) is 27.9 Å². The number of aliphatic hydroxyl groups excluding tert-OH is 1. The maximum absolute atomic E-state index is 13.2. The van der Waals surface area contributed by atoms with E-state index in [-0.39, 0.29) is 41.8 Å². The van der Waals surface area contributed by atoms with Crippen molar-refractivity contribution in [2.24, 2.45) is 17.8 Å². The third-order valence-corrected chi connectivity index (χ3v) is 7.15. The number of carbonyl (C=O) groups is 2. The van der Waals surface area contributed by atoms with Gasteiger partial charge in [-0.2, -0.15) is 9.36 Å². The Labute approximate surface area is 195 Å². The van der Waals surface area contributed by atoms with Crippen molar-refractivity contribution in [1.82, 2.24) is 14.6 Å². The zero-order valence-electron chi connectivity index (χ0n) is 18.9. The molecule has 0 saturated carbocycles. The largest absolute Gasteiger partial charge is 0.456 e. The van der Waals surface area contributed by atoms with Crippen LogP contribution in [0.15, 0.2) is 48.2 Å². The van der Waals surface area contributed by atoms with Gasteiger partial charge in [0.1, 0.15) is 18.8 Å². The van der Waals surface area contributed by atoms with Crippen LogP contribution in [0.2, 0.25) is 0 Å². The molecule has 1 aromatic carbocycles. The van der Waals surface area contributed by atoms with Crippen molar-refractivity contribution in [2.45, 2.75) is 52.1 Å². The van der Waals surface area contributed by atoms with Crippen molar-refractivity contribution in [1.29, 1.82) is 0 Å². The number of β-lactam (4-membered cyclic amide) rings is 1. The van der Waals surface area contributed by atoms with Gasteiger partial charge in [0.15, 0.2) is 0 Å². The van der Waals surface area contributed by atoms with E-state index < -0.39 is 22.9 Å². The van der Waals surface area contributed by atoms with E-state index in [2.05, 4.69) is 4.98 Å². The van der Waals surface area contributed by atoms with Crippen molar-refractivity contribution >= 4 is 17.6 Å². The molecule has 2 aromatic rings. The highest BCUT2D eigenvalue weighted by molar-refractivity contribution is 6.00. The summed E-state index contributed by atoms with van der Waals surface area (Å²) in [4.78, 5) is 42.1. The fraction of sp³-hybridized carbons (Fsp3) is 0.478. The van der Waals surface area contributed by atoms with E-state index in [1.165, 1.54) is 29.2 Å². The van der Waals surface area contributed by atoms with Crippen LogP contribution >= 0.6 is 0 Å². The number of nitro benzene ring substituents is 1. The number of nitro groups is 1. The first-order valence-electron chi connectivity index (χ1n) is 11.3. The zero-order valence-corrected chi connectivity index (χ0v) is 18.9. The van der Waals surface area contributed by atoms with Crippen LogP contribution in [0.4, 0.5) is 5.69 Å². The van der Waals surface area contributed by atoms with E-state index in [1.54, 1.807) is 19.6 Å². The first-order valence-corrected chi connectivity index (χ1v) is 11.3. The maximum atomic E-state index is 13.2. The molecule has 0 spiro atoms. The molecule has 0 unspecified atom stereocenters. The van der Waals surface area contributed by atoms with Gasteiger partial charge >= 0.3 is 12.3 Å². The standard InChI is InChI=1S/C23H26N5O6/c1-13-18(7-16-8-25-11-24-12-26(25)9-16)21(27-20(13)19(14(2)29)22(27)30)23(31)34-10-15-3-5-17(6-4-15)28(32)33/h3-6,11-14,16,19-20,29H,7-10H2,1-2H3/q+1/t13-,14+,19+,20+/m0/s1. The van der Waals surface area contributed by atoms with Crippen molar-refractivity contribution in [3.05, 3.63) is 63.9 Å². The molecule has 0 radical (unpaired) electrons. The minimum absolute atomic E-state index is 0.0435. The van der Waals surface area contributed by atoms with Crippen LogP contribution < -0.4 is 4.68 Å². The van der Waals surface area contributed by atoms with Crippen LogP contribution in [-0.4, -0.2) is 48.6 Å². The lowest BCUT2D eigenvalue weighted by Gasteiger charge is -2.46. The molecule has 11 nitrogen and oxygen atoms in total. The summed E-state index contributed by atoms with van der Waals surface area (Å²) in [6, 6.07) is 5.53. The first kappa shape index (κ1) is 22.2. The summed E-state index contributed by atoms with van der Waals surface area (Å²) in [5.74, 6) is -1.23. The Bertz CT molecular complexity index is 1170. The van der Waals surface area contributed by atoms with E-state index in [1.807, 2.05) is 16.3 Å². The monoisotopic (exact) mass is 468 g/mol. The minimum atomic E-state index is -0.804. The molecule has 1 aromatic heterocycles. The number of amides is 1. The number of nitrogens with zero attached hydrogens (tertiary/aromatic N) is 5. The summed E-state index contributed by atoms with van der Waals surface area (Å²) < 4.78 is 9.60. The molecular formula is C23H26N5O6+. The number of hydrogen-bond donors (Lipinski definition) is 1. The third kappa shape index (κ3) is 3.56. The van der Waals surface area contributed by atoms with E-state index >= 15 is 0 Å². The summed E-state index contributed by atoms with van der Waals surface area (Å²) in [7, 11) is 0. The molecule has 1 N–H and O–H groups in total. The molecule has 4 atom stereocenters. The Morgan fingerprint density at radius 3 is 2.76 bits per heavy atom. The molecule has 0 bridgehead atoms. The van der Waals surface area contributed by atoms with Gasteiger partial charge in [0, 0.05) is 24.0 Å². The first-order chi connectivity index (χ1) is 16.3. The summed E-state index contributed by atoms with van der Waals surface area (Å²) in [5.41, 5.74) is 1.72. The Morgan fingerprint density at radius 1 is 1.38 bits per heavy atom. The molecule has 1 amide bonds. The number of ether oxygens (including phenoxy) is 1. The van der Waals surface area contributed by atoms with Crippen molar-refractivity contribution in [3.63, 3.8) is 0 Å². The van der Waals surface area contributed by atoms with E-state index in [0.717, 1.165) is 18.7 Å². The molecule has 5 rings (SSSR count). The van der Waals surface area contributed by atoms with E-state index in [0.29, 0.717) is 12.0 Å². The number of fused-ring (bicyclic) bond motifs is 2. The molecule has 1 fully saturated rings. The van der Waals surface area contributed by atoms with Crippen LogP contribution in [0.25, 0.3) is 0 Å². The lowest BCUT2D eigenvalue weighted by molar-refractivity contribution is -0.761. The summed E-state index contributed by atoms with van der Waals surface area (Å²) in [5, 5.41) is 21.0. The SMILES string of the molecule is C[C@@H](O)[C@H]1C(=O)N2C(C(=O)OCc3ccc([N+](=O)[O-])cc3)=C(CC3Cn4cnc[n+]4C3)[C@H](C)[C@H]12. The molecule has 178 valence electrons. The van der Waals surface area contributed by atoms with Crippen molar-refractivity contribution in [2.75, 3.05) is 0 Å². The fourth-order valence-electron chi connectivity index (χ4n) is 5.48. The van der Waals surface area contributed by atoms with E-state index in [4.69, 9.17) is 4.74 Å². The van der Waals surface area contributed by atoms with Gasteiger partial charge in [0.25, 0.3) is 5.69 Å². The number of esters is 1. The van der Waals surface area contributed by atoms with Gasteiger partial charge in [-0.25, -0.2) is 4.79 Å². The summed E-state index contributed by atoms with van der Waals surface area (Å²) >= 11 is 0. The quantitative estimate of drug-likeness (QED) is 0.210. The highest BCUT2D eigenvalue weighted by Gasteiger charge is 2.60. The van der Waals surface area contributed by atoms with Gasteiger partial charge in [-0.05, 0) is 41.6 Å². The number of hydrogen-bond acceptors (Lipinski definition) is 7. The molecule has 4 heterocycles. The maximum Gasteiger partial charge on any atom is 0.355 e. The number of aromatic nitrogens is 3. The van der Waals surface area contributed by atoms with Gasteiger partial charge in [0.05, 0.1) is 29.5 Å². The average Bonchev–Trinajstić information content (AvgIpc) is 3.44. The normalized spacial score (nSPS) is 26.2. The Balaban J connectivity index is 1.37. The second kappa shape index (κ2) is 8.32. The van der Waals surface area contributed by atoms with Crippen molar-refractivity contribution < 1.29 is 29.0 Å². The topological polar surface area (TPSA) is 132 Å². The number of benzene rings is 1. The number of non-ortho nitro benzene ring substituents is 1. The molecule has 3 aliphatic rings. The Hall–Kier alpha value is -3.60. The number of aliphatic hydroxyl groups is 1. The molecular weight excluding hydrogens is 442 g/mol. The Morgan fingerprint density at radius 2 is 2.12 bits per heavy atom. The zero-order chi connectivity index (χ0) is 24.1. The average molecular weight is 468 g/mol. The van der Waals surface area contributed by atoms with Gasteiger partial charge in [-0.15, -0.1) is 0 Å². The molecule has 3 aliphatic heterocycles. The van der Waals surface area contributed by atoms with Crippen LogP contribution in [-0.2, 0) is 34.0 Å². The van der Waals surface area contributed by atoms with Gasteiger partial charge in [0.2, 0.25) is 12.2 Å². The second-order valence-corrected chi connectivity index (χ2v) is 9.32. The smallest absolute Gasteiger partial charge is 0.355 e. The van der Waals surface area contributed by atoms with Crippen molar-refractivity contribution in [3.8, 4) is 0 Å². The lowest BCUT2D eigenvalue weighted by atomic mass is 9.76. The predicted octanol–water partition coefficient (Wildman–Crippen LogP) is 0.954. The molecule has 11 heteroatoms. The fourth-order valence-corrected chi connectivity index (χ4v) is 5.48. The molecule has 34 heavy (non-hydrogen) atoms. The molecule has 0 aliphatic carbocycles. The lowest BCUT2D eigenvalue weighted by Crippen LogP contribution is -2.63. The second-order valence-electron chi connectivity index (χ2n) is 9.32. The Kier molecular flexibility index (Phi) is 5.43. The highest BCUT2D eigenvalue weighted by Crippen LogP contribution is 2.49. The van der Waals surface area contributed by atoms with Gasteiger partial charge < -0.3 is 14.7 Å². The predicted molar refractivity (Wildman–Crippen MR) is 115 cm³/mol. The van der Waals surface area contributed by atoms with Crippen LogP contribution in [0.1, 0.15) is 25.8 Å². The summed E-state index contributed by atoms with van der Waals surface area (Å²) in [6.45, 7) is 5.06. The highest BCUT2D eigenvalue weighted by atomic mass is 16.6. The van der Waals surface area contributed by atoms with E-state index in [9.17, 15) is 24.8 Å². The van der Waals surface area contributed by atoms with Gasteiger partial charge in [-0.1, -0.05) is 6.92 Å². The van der Waals surface area contributed by atoms with Gasteiger partial charge in [-0.3, -0.25) is 14.9 Å². The molecule has 1 saturated heterocycles. The summed E-state index contributed by atoms with van der Waals surface area (Å²) in [6.07, 6.45) is 3.37. The van der Waals surface area contributed by atoms with Crippen LogP contribution in [0.3, 0.4) is 0 Å². The minimum Gasteiger partial charge on any atom is -0.456 e.